The fraction of sp³-hybridized carbons (Fsp3) is 0.267. The number of carbonyl (C=O) groups excluding carboxylic acids is 1. The van der Waals surface area contributed by atoms with Gasteiger partial charge < -0.3 is 5.32 Å². The fourth-order valence-corrected chi connectivity index (χ4v) is 2.28. The second-order valence-corrected chi connectivity index (χ2v) is 5.64. The first kappa shape index (κ1) is 16.3. The van der Waals surface area contributed by atoms with Crippen LogP contribution in [0.5, 0.6) is 0 Å². The van der Waals surface area contributed by atoms with Gasteiger partial charge in [-0.25, -0.2) is 0 Å². The highest BCUT2D eigenvalue weighted by Gasteiger charge is 2.15. The van der Waals surface area contributed by atoms with E-state index < -0.39 is 6.04 Å². The van der Waals surface area contributed by atoms with E-state index in [1.165, 1.54) is 0 Å². The maximum absolute atomic E-state index is 12.0. The lowest BCUT2D eigenvalue weighted by molar-refractivity contribution is -0.121. The molecule has 0 saturated heterocycles. The monoisotopic (exact) mass is 336 g/mol. The lowest BCUT2D eigenvalue weighted by Crippen LogP contribution is -2.27. The standard InChI is InChI=1S/C15H14Cl2N4O/c1-21-9-10(8-19-21)2-5-15(22)20-14(7-18)11-3-4-12(16)13(17)6-11/h3-4,6,8-9,14H,2,5H2,1H3,(H,20,22)/t14-/m0/s1. The van der Waals surface area contributed by atoms with Crippen LogP contribution in [-0.4, -0.2) is 15.7 Å². The molecule has 0 spiro atoms. The minimum atomic E-state index is -0.754. The molecule has 2 rings (SSSR count). The number of carbonyl (C=O) groups is 1. The normalized spacial score (nSPS) is 11.7. The topological polar surface area (TPSA) is 70.7 Å². The van der Waals surface area contributed by atoms with Gasteiger partial charge in [0, 0.05) is 19.7 Å². The second kappa shape index (κ2) is 7.30. The number of benzene rings is 1. The van der Waals surface area contributed by atoms with E-state index in [1.807, 2.05) is 19.3 Å². The quantitative estimate of drug-likeness (QED) is 0.912. The molecule has 1 aromatic heterocycles. The molecule has 0 fully saturated rings. The smallest absolute Gasteiger partial charge is 0.221 e. The Morgan fingerprint density at radius 2 is 2.23 bits per heavy atom. The summed E-state index contributed by atoms with van der Waals surface area (Å²) in [7, 11) is 1.82. The van der Waals surface area contributed by atoms with Crippen molar-refractivity contribution >= 4 is 29.1 Å². The van der Waals surface area contributed by atoms with E-state index >= 15 is 0 Å². The van der Waals surface area contributed by atoms with Gasteiger partial charge in [0.05, 0.1) is 22.3 Å². The highest BCUT2D eigenvalue weighted by molar-refractivity contribution is 6.42. The Morgan fingerprint density at radius 3 is 2.82 bits per heavy atom. The summed E-state index contributed by atoms with van der Waals surface area (Å²) in [5.74, 6) is -0.207. The van der Waals surface area contributed by atoms with Gasteiger partial charge in [0.2, 0.25) is 5.91 Å². The number of hydrogen-bond acceptors (Lipinski definition) is 3. The molecule has 0 aliphatic carbocycles. The van der Waals surface area contributed by atoms with Crippen molar-refractivity contribution in [3.05, 3.63) is 51.8 Å². The third-order valence-electron chi connectivity index (χ3n) is 3.11. The van der Waals surface area contributed by atoms with Gasteiger partial charge in [0.15, 0.2) is 0 Å². The molecule has 1 N–H and O–H groups in total. The second-order valence-electron chi connectivity index (χ2n) is 4.83. The molecule has 0 unspecified atom stereocenters. The van der Waals surface area contributed by atoms with Crippen LogP contribution >= 0.6 is 23.2 Å². The summed E-state index contributed by atoms with van der Waals surface area (Å²) in [6.45, 7) is 0. The summed E-state index contributed by atoms with van der Waals surface area (Å²) in [4.78, 5) is 12.0. The van der Waals surface area contributed by atoms with Crippen LogP contribution in [0.2, 0.25) is 10.0 Å². The predicted octanol–water partition coefficient (Wildman–Crippen LogP) is 3.04. The Hall–Kier alpha value is -2.03. The Morgan fingerprint density at radius 1 is 1.45 bits per heavy atom. The maximum Gasteiger partial charge on any atom is 0.221 e. The van der Waals surface area contributed by atoms with E-state index in [4.69, 9.17) is 23.2 Å². The fourth-order valence-electron chi connectivity index (χ4n) is 1.97. The van der Waals surface area contributed by atoms with Gasteiger partial charge in [0.1, 0.15) is 6.04 Å². The molecule has 0 saturated carbocycles. The van der Waals surface area contributed by atoms with Crippen LogP contribution in [0, 0.1) is 11.3 Å². The molecule has 0 bridgehead atoms. The van der Waals surface area contributed by atoms with Crippen LogP contribution in [0.1, 0.15) is 23.6 Å². The Bertz CT molecular complexity index is 721. The number of hydrogen-bond donors (Lipinski definition) is 1. The molecule has 114 valence electrons. The number of nitrogens with one attached hydrogen (secondary N) is 1. The largest absolute Gasteiger partial charge is 0.337 e. The number of amides is 1. The lowest BCUT2D eigenvalue weighted by atomic mass is 10.1. The first-order chi connectivity index (χ1) is 10.5. The van der Waals surface area contributed by atoms with Crippen molar-refractivity contribution in [3.8, 4) is 6.07 Å². The number of nitriles is 1. The van der Waals surface area contributed by atoms with Gasteiger partial charge in [-0.2, -0.15) is 10.4 Å². The number of aromatic nitrogens is 2. The maximum atomic E-state index is 12.0. The molecule has 22 heavy (non-hydrogen) atoms. The highest BCUT2D eigenvalue weighted by Crippen LogP contribution is 2.25. The van der Waals surface area contributed by atoms with E-state index in [0.717, 1.165) is 5.56 Å². The van der Waals surface area contributed by atoms with E-state index in [1.54, 1.807) is 29.1 Å². The third kappa shape index (κ3) is 4.23. The zero-order valence-corrected chi connectivity index (χ0v) is 13.4. The van der Waals surface area contributed by atoms with E-state index in [2.05, 4.69) is 10.4 Å². The molecule has 7 heteroatoms. The number of nitrogens with zero attached hydrogens (tertiary/aromatic N) is 3. The van der Waals surface area contributed by atoms with E-state index in [-0.39, 0.29) is 12.3 Å². The van der Waals surface area contributed by atoms with E-state index in [9.17, 15) is 10.1 Å². The molecule has 0 radical (unpaired) electrons. The first-order valence-corrected chi connectivity index (χ1v) is 7.36. The number of rotatable bonds is 5. The van der Waals surface area contributed by atoms with Crippen LogP contribution in [0.25, 0.3) is 0 Å². The van der Waals surface area contributed by atoms with Crippen molar-refractivity contribution in [2.24, 2.45) is 7.05 Å². The van der Waals surface area contributed by atoms with Gasteiger partial charge >= 0.3 is 0 Å². The van der Waals surface area contributed by atoms with Gasteiger partial charge in [-0.15, -0.1) is 0 Å². The molecule has 0 aliphatic rings. The molecule has 1 heterocycles. The summed E-state index contributed by atoms with van der Waals surface area (Å²) in [6, 6.07) is 6.15. The van der Waals surface area contributed by atoms with Gasteiger partial charge in [-0.05, 0) is 29.7 Å². The zero-order valence-electron chi connectivity index (χ0n) is 11.9. The van der Waals surface area contributed by atoms with Crippen molar-refractivity contribution in [3.63, 3.8) is 0 Å². The summed E-state index contributed by atoms with van der Waals surface area (Å²) >= 11 is 11.8. The molecule has 1 atom stereocenters. The van der Waals surface area contributed by atoms with Crippen LogP contribution in [0.3, 0.4) is 0 Å². The van der Waals surface area contributed by atoms with Crippen molar-refractivity contribution in [2.75, 3.05) is 0 Å². The molecular formula is C15H14Cl2N4O. The third-order valence-corrected chi connectivity index (χ3v) is 3.85. The van der Waals surface area contributed by atoms with Crippen LogP contribution in [0.15, 0.2) is 30.6 Å². The first-order valence-electron chi connectivity index (χ1n) is 6.61. The lowest BCUT2D eigenvalue weighted by Gasteiger charge is -2.12. The minimum absolute atomic E-state index is 0.207. The Kier molecular flexibility index (Phi) is 5.42. The van der Waals surface area contributed by atoms with Gasteiger partial charge in [-0.1, -0.05) is 29.3 Å². The zero-order chi connectivity index (χ0) is 16.1. The number of halogens is 2. The highest BCUT2D eigenvalue weighted by atomic mass is 35.5. The minimum Gasteiger partial charge on any atom is -0.337 e. The summed E-state index contributed by atoms with van der Waals surface area (Å²) < 4.78 is 1.68. The molecule has 0 aliphatic heterocycles. The Balaban J connectivity index is 1.96. The SMILES string of the molecule is Cn1cc(CCC(=O)N[C@@H](C#N)c2ccc(Cl)c(Cl)c2)cn1. The average molecular weight is 337 g/mol. The van der Waals surface area contributed by atoms with Gasteiger partial charge in [-0.3, -0.25) is 9.48 Å². The molecule has 1 aromatic carbocycles. The van der Waals surface area contributed by atoms with Crippen LogP contribution in [-0.2, 0) is 18.3 Å². The molecular weight excluding hydrogens is 323 g/mol. The van der Waals surface area contributed by atoms with Crippen LogP contribution < -0.4 is 5.32 Å². The summed E-state index contributed by atoms with van der Waals surface area (Å²) in [5, 5.41) is 16.7. The predicted molar refractivity (Wildman–Crippen MR) is 84.5 cm³/mol. The number of aryl methyl sites for hydroxylation is 2. The molecule has 1 amide bonds. The van der Waals surface area contributed by atoms with E-state index in [0.29, 0.717) is 22.0 Å². The van der Waals surface area contributed by atoms with Crippen molar-refractivity contribution in [1.82, 2.24) is 15.1 Å². The van der Waals surface area contributed by atoms with Crippen molar-refractivity contribution in [2.45, 2.75) is 18.9 Å². The summed E-state index contributed by atoms with van der Waals surface area (Å²) in [5.41, 5.74) is 1.58. The van der Waals surface area contributed by atoms with Crippen molar-refractivity contribution < 1.29 is 4.79 Å². The van der Waals surface area contributed by atoms with Crippen molar-refractivity contribution in [1.29, 1.82) is 5.26 Å². The molecule has 2 aromatic rings. The molecule has 5 nitrogen and oxygen atoms in total. The summed E-state index contributed by atoms with van der Waals surface area (Å²) in [6.07, 6.45) is 4.42. The Labute approximate surface area is 138 Å². The average Bonchev–Trinajstić information content (AvgIpc) is 2.91. The van der Waals surface area contributed by atoms with Gasteiger partial charge in [0.25, 0.3) is 0 Å². The van der Waals surface area contributed by atoms with Crippen LogP contribution in [0.4, 0.5) is 0 Å².